The molecule has 10 heteroatoms. The van der Waals surface area contributed by atoms with Crippen molar-refractivity contribution in [1.82, 2.24) is 9.88 Å². The Bertz CT molecular complexity index is 1030. The SMILES string of the molecule is CN1CCC(CC#Cc2cc(-c3cccc(OC(F)(F)F)c3)ccn2)(N=PP)C1=O. The summed E-state index contributed by atoms with van der Waals surface area (Å²) in [5.41, 5.74) is 0.808. The Balaban J connectivity index is 1.81. The highest BCUT2D eigenvalue weighted by Gasteiger charge is 2.44. The first-order chi connectivity index (χ1) is 14.2. The minimum absolute atomic E-state index is 0.0464. The maximum absolute atomic E-state index is 12.5. The normalized spacial score (nSPS) is 19.1. The minimum atomic E-state index is -4.75. The van der Waals surface area contributed by atoms with Gasteiger partial charge in [-0.25, -0.2) is 9.73 Å². The van der Waals surface area contributed by atoms with Gasteiger partial charge in [0.15, 0.2) is 5.54 Å². The second kappa shape index (κ2) is 9.12. The van der Waals surface area contributed by atoms with Crippen LogP contribution in [0.3, 0.4) is 0 Å². The first-order valence-corrected chi connectivity index (χ1v) is 11.4. The van der Waals surface area contributed by atoms with E-state index in [4.69, 9.17) is 0 Å². The summed E-state index contributed by atoms with van der Waals surface area (Å²) in [6.45, 7) is 0.633. The molecule has 1 saturated heterocycles. The Morgan fingerprint density at radius 3 is 2.77 bits per heavy atom. The maximum atomic E-state index is 12.5. The predicted molar refractivity (Wildman–Crippen MR) is 112 cm³/mol. The van der Waals surface area contributed by atoms with E-state index < -0.39 is 11.9 Å². The average molecular weight is 451 g/mol. The number of benzene rings is 1. The highest BCUT2D eigenvalue weighted by atomic mass is 32.0. The summed E-state index contributed by atoms with van der Waals surface area (Å²) in [5, 5.41) is 0. The number of carbonyl (C=O) groups is 1. The standard InChI is InChI=1S/C20H18F3N3O2P2/c1-26-11-9-19(18(26)27,25-30-29)8-3-5-16-12-15(7-10-24-16)14-4-2-6-17(13-14)28-20(21,22)23/h2,4,6-7,10,12-13H,8-9,11,29H2,1H3. The van der Waals surface area contributed by atoms with Crippen molar-refractivity contribution in [2.45, 2.75) is 24.7 Å². The van der Waals surface area contributed by atoms with Crippen LogP contribution < -0.4 is 4.74 Å². The number of aromatic nitrogens is 1. The zero-order valence-electron chi connectivity index (χ0n) is 16.0. The number of pyridine rings is 1. The Hall–Kier alpha value is -2.48. The molecule has 5 nitrogen and oxygen atoms in total. The van der Waals surface area contributed by atoms with Crippen molar-refractivity contribution in [3.63, 3.8) is 0 Å². The molecule has 30 heavy (non-hydrogen) atoms. The number of amides is 1. The third kappa shape index (κ3) is 5.36. The molecule has 0 aliphatic carbocycles. The molecule has 1 amide bonds. The van der Waals surface area contributed by atoms with Crippen molar-refractivity contribution in [2.75, 3.05) is 13.6 Å². The molecule has 0 spiro atoms. The van der Waals surface area contributed by atoms with Gasteiger partial charge in [-0.3, -0.25) is 4.79 Å². The molecule has 2 heterocycles. The fourth-order valence-corrected chi connectivity index (χ4v) is 4.29. The number of nitrogens with zero attached hydrogens (tertiary/aromatic N) is 3. The van der Waals surface area contributed by atoms with Crippen molar-refractivity contribution in [1.29, 1.82) is 0 Å². The van der Waals surface area contributed by atoms with Crippen LogP contribution in [0.5, 0.6) is 5.75 Å². The Morgan fingerprint density at radius 1 is 1.33 bits per heavy atom. The van der Waals surface area contributed by atoms with Gasteiger partial charge in [-0.2, -0.15) is 0 Å². The van der Waals surface area contributed by atoms with Crippen LogP contribution in [0.25, 0.3) is 11.1 Å². The van der Waals surface area contributed by atoms with Crippen molar-refractivity contribution >= 4 is 22.9 Å². The van der Waals surface area contributed by atoms with Gasteiger partial charge in [0, 0.05) is 40.7 Å². The molecular formula is C20H18F3N3O2P2. The minimum Gasteiger partial charge on any atom is -0.406 e. The molecule has 0 radical (unpaired) electrons. The molecule has 1 aliphatic heterocycles. The predicted octanol–water partition coefficient (Wildman–Crippen LogP) is 4.91. The summed E-state index contributed by atoms with van der Waals surface area (Å²) in [7, 11) is 4.91. The monoisotopic (exact) mass is 451 g/mol. The highest BCUT2D eigenvalue weighted by Crippen LogP contribution is 2.34. The van der Waals surface area contributed by atoms with Gasteiger partial charge in [0.1, 0.15) is 11.4 Å². The van der Waals surface area contributed by atoms with Crippen molar-refractivity contribution in [2.24, 2.45) is 4.74 Å². The number of alkyl halides is 3. The summed E-state index contributed by atoms with van der Waals surface area (Å²) in [6.07, 6.45) is -2.33. The van der Waals surface area contributed by atoms with Crippen LogP contribution in [0.15, 0.2) is 47.3 Å². The molecule has 1 fully saturated rings. The van der Waals surface area contributed by atoms with Crippen LogP contribution in [0.2, 0.25) is 0 Å². The third-order valence-electron chi connectivity index (χ3n) is 4.61. The molecule has 2 atom stereocenters. The van der Waals surface area contributed by atoms with Crippen molar-refractivity contribution < 1.29 is 22.7 Å². The van der Waals surface area contributed by atoms with Gasteiger partial charge < -0.3 is 9.64 Å². The summed E-state index contributed by atoms with van der Waals surface area (Å²) < 4.78 is 45.8. The van der Waals surface area contributed by atoms with Crippen LogP contribution in [-0.2, 0) is 4.79 Å². The van der Waals surface area contributed by atoms with Gasteiger partial charge in [-0.1, -0.05) is 27.0 Å². The van der Waals surface area contributed by atoms with Gasteiger partial charge >= 0.3 is 6.36 Å². The number of halogens is 3. The third-order valence-corrected chi connectivity index (χ3v) is 5.46. The number of hydrogen-bond acceptors (Lipinski definition) is 4. The second-order valence-corrected chi connectivity index (χ2v) is 7.83. The summed E-state index contributed by atoms with van der Waals surface area (Å²) in [4.78, 5) is 18.3. The average Bonchev–Trinajstić information content (AvgIpc) is 2.96. The van der Waals surface area contributed by atoms with E-state index in [1.807, 2.05) is 0 Å². The van der Waals surface area contributed by atoms with Crippen LogP contribution in [-0.4, -0.2) is 41.3 Å². The first-order valence-electron chi connectivity index (χ1n) is 8.91. The molecule has 1 aromatic heterocycles. The Labute approximate surface area is 176 Å². The molecule has 1 aromatic carbocycles. The van der Waals surface area contributed by atoms with E-state index in [1.54, 1.807) is 30.1 Å². The zero-order valence-corrected chi connectivity index (χ0v) is 18.0. The molecule has 1 aliphatic rings. The van der Waals surface area contributed by atoms with Gasteiger partial charge in [0.2, 0.25) is 0 Å². The number of likely N-dealkylation sites (tertiary alicyclic amines) is 1. The van der Waals surface area contributed by atoms with E-state index in [-0.39, 0.29) is 18.1 Å². The zero-order chi connectivity index (χ0) is 21.8. The quantitative estimate of drug-likeness (QED) is 0.491. The first kappa shape index (κ1) is 22.2. The van der Waals surface area contributed by atoms with Gasteiger partial charge in [-0.15, -0.1) is 13.2 Å². The lowest BCUT2D eigenvalue weighted by molar-refractivity contribution is -0.274. The Morgan fingerprint density at radius 2 is 2.10 bits per heavy atom. The van der Waals surface area contributed by atoms with E-state index in [0.29, 0.717) is 37.8 Å². The van der Waals surface area contributed by atoms with Crippen molar-refractivity contribution in [3.8, 4) is 28.7 Å². The highest BCUT2D eigenvalue weighted by molar-refractivity contribution is 7.97. The van der Waals surface area contributed by atoms with Crippen LogP contribution >= 0.6 is 17.0 Å². The molecule has 0 N–H and O–H groups in total. The van der Waals surface area contributed by atoms with Crippen LogP contribution in [0.1, 0.15) is 18.5 Å². The summed E-state index contributed by atoms with van der Waals surface area (Å²) in [6, 6.07) is 9.06. The van der Waals surface area contributed by atoms with Crippen LogP contribution in [0, 0.1) is 11.8 Å². The maximum Gasteiger partial charge on any atom is 0.573 e. The molecule has 0 bridgehead atoms. The van der Waals surface area contributed by atoms with E-state index in [1.165, 1.54) is 24.4 Å². The Kier molecular flexibility index (Phi) is 6.75. The molecular weight excluding hydrogens is 433 g/mol. The molecule has 0 saturated carbocycles. The van der Waals surface area contributed by atoms with E-state index in [2.05, 4.69) is 35.2 Å². The van der Waals surface area contributed by atoms with Gasteiger partial charge in [0.25, 0.3) is 5.91 Å². The fourth-order valence-electron chi connectivity index (χ4n) is 3.15. The summed E-state index contributed by atoms with van der Waals surface area (Å²) in [5.74, 6) is 5.60. The lowest BCUT2D eigenvalue weighted by Crippen LogP contribution is -2.36. The topological polar surface area (TPSA) is 54.8 Å². The lowest BCUT2D eigenvalue weighted by atomic mass is 9.95. The van der Waals surface area contributed by atoms with E-state index >= 15 is 0 Å². The summed E-state index contributed by atoms with van der Waals surface area (Å²) >= 11 is 0. The van der Waals surface area contributed by atoms with Crippen LogP contribution in [0.4, 0.5) is 13.2 Å². The molecule has 2 aromatic rings. The number of ether oxygens (including phenoxy) is 1. The molecule has 156 valence electrons. The smallest absolute Gasteiger partial charge is 0.406 e. The fraction of sp³-hybridized carbons (Fsp3) is 0.300. The number of rotatable bonds is 4. The van der Waals surface area contributed by atoms with E-state index in [9.17, 15) is 18.0 Å². The largest absolute Gasteiger partial charge is 0.573 e. The van der Waals surface area contributed by atoms with Gasteiger partial charge in [-0.05, 0) is 41.3 Å². The lowest BCUT2D eigenvalue weighted by Gasteiger charge is -2.19. The number of likely N-dealkylation sites (N-methyl/N-ethyl adjacent to an activating group) is 1. The molecule has 2 unspecified atom stereocenters. The van der Waals surface area contributed by atoms with Gasteiger partial charge in [0.05, 0.1) is 0 Å². The van der Waals surface area contributed by atoms with E-state index in [0.717, 1.165) is 0 Å². The number of carbonyl (C=O) groups excluding carboxylic acids is 1. The van der Waals surface area contributed by atoms with Crippen molar-refractivity contribution in [3.05, 3.63) is 48.3 Å². The molecule has 3 rings (SSSR count). The number of hydrogen-bond donors (Lipinski definition) is 0. The second-order valence-electron chi connectivity index (χ2n) is 6.71.